The summed E-state index contributed by atoms with van der Waals surface area (Å²) in [7, 11) is -3.81. The number of carbonyl (C=O) groups excluding carboxylic acids is 1. The van der Waals surface area contributed by atoms with Crippen molar-refractivity contribution in [2.75, 3.05) is 19.7 Å². The van der Waals surface area contributed by atoms with Gasteiger partial charge in [0.2, 0.25) is 15.9 Å². The van der Waals surface area contributed by atoms with E-state index in [9.17, 15) is 23.3 Å². The predicted octanol–water partition coefficient (Wildman–Crippen LogP) is 0.558. The molecule has 0 saturated carbocycles. The van der Waals surface area contributed by atoms with E-state index in [0.717, 1.165) is 37.1 Å². The summed E-state index contributed by atoms with van der Waals surface area (Å²) in [6.45, 7) is 1.07. The number of rotatable bonds is 8. The topological polar surface area (TPSA) is 128 Å². The summed E-state index contributed by atoms with van der Waals surface area (Å²) >= 11 is 0. The van der Waals surface area contributed by atoms with Crippen LogP contribution >= 0.6 is 0 Å². The molecule has 0 bridgehead atoms. The molecule has 9 nitrogen and oxygen atoms in total. The van der Waals surface area contributed by atoms with E-state index in [2.05, 4.69) is 10.0 Å². The molecule has 132 valence electrons. The van der Waals surface area contributed by atoms with E-state index in [1.165, 1.54) is 0 Å². The molecule has 0 aliphatic carbocycles. The highest BCUT2D eigenvalue weighted by molar-refractivity contribution is 7.89. The van der Waals surface area contributed by atoms with E-state index in [1.54, 1.807) is 0 Å². The minimum Gasteiger partial charge on any atom is -0.376 e. The lowest BCUT2D eigenvalue weighted by atomic mass is 10.2. The Labute approximate surface area is 139 Å². The van der Waals surface area contributed by atoms with Crippen molar-refractivity contribution >= 4 is 21.6 Å². The number of ether oxygens (including phenoxy) is 1. The Morgan fingerprint density at radius 3 is 2.62 bits per heavy atom. The summed E-state index contributed by atoms with van der Waals surface area (Å²) in [4.78, 5) is 21.5. The maximum absolute atomic E-state index is 12.0. The van der Waals surface area contributed by atoms with E-state index in [1.807, 2.05) is 0 Å². The average molecular weight is 357 g/mol. The van der Waals surface area contributed by atoms with E-state index in [0.29, 0.717) is 13.2 Å². The average Bonchev–Trinajstić information content (AvgIpc) is 3.06. The van der Waals surface area contributed by atoms with Crippen molar-refractivity contribution in [2.24, 2.45) is 0 Å². The lowest BCUT2D eigenvalue weighted by molar-refractivity contribution is -0.384. The molecule has 1 heterocycles. The molecule has 2 rings (SSSR count). The number of hydrogen-bond donors (Lipinski definition) is 2. The van der Waals surface area contributed by atoms with Crippen LogP contribution < -0.4 is 10.0 Å². The second-order valence-electron chi connectivity index (χ2n) is 5.34. The zero-order valence-corrected chi connectivity index (χ0v) is 13.8. The molecule has 24 heavy (non-hydrogen) atoms. The molecular formula is C14H19N3O6S. The largest absolute Gasteiger partial charge is 0.376 e. The Hall–Kier alpha value is -2.04. The number of hydrogen-bond acceptors (Lipinski definition) is 6. The molecule has 0 spiro atoms. The minimum absolute atomic E-state index is 0.00106. The van der Waals surface area contributed by atoms with Crippen LogP contribution in [0.5, 0.6) is 0 Å². The molecule has 0 aromatic heterocycles. The highest BCUT2D eigenvalue weighted by Gasteiger charge is 2.18. The fourth-order valence-electron chi connectivity index (χ4n) is 2.25. The maximum Gasteiger partial charge on any atom is 0.269 e. The van der Waals surface area contributed by atoms with Crippen LogP contribution in [-0.4, -0.2) is 45.0 Å². The number of benzene rings is 1. The van der Waals surface area contributed by atoms with Crippen LogP contribution in [0.4, 0.5) is 5.69 Å². The molecule has 10 heteroatoms. The number of sulfonamides is 1. The third-order valence-corrected chi connectivity index (χ3v) is 5.03. The molecule has 1 aliphatic heterocycles. The number of non-ortho nitro benzene ring substituents is 1. The molecule has 1 aromatic rings. The van der Waals surface area contributed by atoms with E-state index < -0.39 is 14.9 Å². The Morgan fingerprint density at radius 1 is 1.33 bits per heavy atom. The molecule has 1 aromatic carbocycles. The molecule has 1 fully saturated rings. The second-order valence-corrected chi connectivity index (χ2v) is 7.10. The molecule has 2 N–H and O–H groups in total. The van der Waals surface area contributed by atoms with Crippen molar-refractivity contribution in [3.05, 3.63) is 34.4 Å². The summed E-state index contributed by atoms with van der Waals surface area (Å²) in [6, 6.07) is 4.53. The van der Waals surface area contributed by atoms with Crippen molar-refractivity contribution in [1.82, 2.24) is 10.0 Å². The smallest absolute Gasteiger partial charge is 0.269 e. The zero-order chi connectivity index (χ0) is 17.6. The van der Waals surface area contributed by atoms with Crippen LogP contribution in [0.3, 0.4) is 0 Å². The van der Waals surface area contributed by atoms with Gasteiger partial charge in [-0.1, -0.05) is 0 Å². The first-order chi connectivity index (χ1) is 11.4. The van der Waals surface area contributed by atoms with Gasteiger partial charge in [-0.3, -0.25) is 14.9 Å². The SMILES string of the molecule is O=C(CCNS(=O)(=O)c1ccc([N+](=O)[O-])cc1)NCC1CCCO1. The quantitative estimate of drug-likeness (QED) is 0.517. The molecule has 0 radical (unpaired) electrons. The van der Waals surface area contributed by atoms with Gasteiger partial charge in [0.05, 0.1) is 15.9 Å². The first kappa shape index (κ1) is 18.3. The van der Waals surface area contributed by atoms with Crippen LogP contribution in [0.25, 0.3) is 0 Å². The number of nitrogens with zero attached hydrogens (tertiary/aromatic N) is 1. The van der Waals surface area contributed by atoms with E-state index >= 15 is 0 Å². The number of nitro benzene ring substituents is 1. The first-order valence-corrected chi connectivity index (χ1v) is 8.99. The van der Waals surface area contributed by atoms with Crippen LogP contribution in [0.15, 0.2) is 29.2 Å². The van der Waals surface area contributed by atoms with Crippen molar-refractivity contribution in [2.45, 2.75) is 30.3 Å². The van der Waals surface area contributed by atoms with Crippen molar-refractivity contribution in [3.8, 4) is 0 Å². The zero-order valence-electron chi connectivity index (χ0n) is 12.9. The summed E-state index contributed by atoms with van der Waals surface area (Å²) < 4.78 is 31.7. The van der Waals surface area contributed by atoms with E-state index in [4.69, 9.17) is 4.74 Å². The van der Waals surface area contributed by atoms with Gasteiger partial charge in [-0.15, -0.1) is 0 Å². The molecule has 1 amide bonds. The van der Waals surface area contributed by atoms with E-state index in [-0.39, 0.29) is 35.6 Å². The molecule has 1 unspecified atom stereocenters. The highest BCUT2D eigenvalue weighted by Crippen LogP contribution is 2.15. The van der Waals surface area contributed by atoms with Gasteiger partial charge in [0.15, 0.2) is 0 Å². The third kappa shape index (κ3) is 5.25. The number of nitro groups is 1. The molecule has 1 aliphatic rings. The lowest BCUT2D eigenvalue weighted by Crippen LogP contribution is -2.34. The standard InChI is InChI=1S/C14H19N3O6S/c18-14(15-10-12-2-1-9-23-12)7-8-16-24(21,22)13-5-3-11(4-6-13)17(19)20/h3-6,12,16H,1-2,7-10H2,(H,15,18). The van der Waals surface area contributed by atoms with Crippen LogP contribution in [0, 0.1) is 10.1 Å². The van der Waals surface area contributed by atoms with Crippen LogP contribution in [0.2, 0.25) is 0 Å². The van der Waals surface area contributed by atoms with Crippen molar-refractivity contribution in [1.29, 1.82) is 0 Å². The van der Waals surface area contributed by atoms with Crippen LogP contribution in [0.1, 0.15) is 19.3 Å². The fraction of sp³-hybridized carbons (Fsp3) is 0.500. The third-order valence-electron chi connectivity index (χ3n) is 3.55. The Kier molecular flexibility index (Phi) is 6.23. The minimum atomic E-state index is -3.81. The normalized spacial score (nSPS) is 17.6. The summed E-state index contributed by atoms with van der Waals surface area (Å²) in [6.07, 6.45) is 1.92. The second kappa shape index (κ2) is 8.18. The van der Waals surface area contributed by atoms with Gasteiger partial charge in [-0.2, -0.15) is 0 Å². The van der Waals surface area contributed by atoms with Crippen molar-refractivity contribution < 1.29 is 22.9 Å². The Balaban J connectivity index is 1.77. The van der Waals surface area contributed by atoms with Gasteiger partial charge in [-0.25, -0.2) is 13.1 Å². The molecule has 1 saturated heterocycles. The highest BCUT2D eigenvalue weighted by atomic mass is 32.2. The van der Waals surface area contributed by atoms with Gasteiger partial charge in [-0.05, 0) is 25.0 Å². The predicted molar refractivity (Wildman–Crippen MR) is 84.9 cm³/mol. The van der Waals surface area contributed by atoms with Gasteiger partial charge < -0.3 is 10.1 Å². The number of amides is 1. The summed E-state index contributed by atoms with van der Waals surface area (Å²) in [5.74, 6) is -0.267. The Morgan fingerprint density at radius 2 is 2.04 bits per heavy atom. The van der Waals surface area contributed by atoms with Gasteiger partial charge in [0, 0.05) is 38.2 Å². The van der Waals surface area contributed by atoms with Gasteiger partial charge >= 0.3 is 0 Å². The van der Waals surface area contributed by atoms with Gasteiger partial charge in [0.1, 0.15) is 0 Å². The number of carbonyl (C=O) groups is 1. The van der Waals surface area contributed by atoms with Gasteiger partial charge in [0.25, 0.3) is 5.69 Å². The maximum atomic E-state index is 12.0. The lowest BCUT2D eigenvalue weighted by Gasteiger charge is -2.11. The van der Waals surface area contributed by atoms with Crippen molar-refractivity contribution in [3.63, 3.8) is 0 Å². The molecular weight excluding hydrogens is 338 g/mol. The monoisotopic (exact) mass is 357 g/mol. The first-order valence-electron chi connectivity index (χ1n) is 7.51. The van der Waals surface area contributed by atoms with Crippen LogP contribution in [-0.2, 0) is 19.6 Å². The number of nitrogens with one attached hydrogen (secondary N) is 2. The molecule has 1 atom stereocenters. The summed E-state index contributed by atoms with van der Waals surface area (Å²) in [5, 5.41) is 13.2. The fourth-order valence-corrected chi connectivity index (χ4v) is 3.28. The summed E-state index contributed by atoms with van der Waals surface area (Å²) in [5.41, 5.74) is -0.192. The Bertz CT molecular complexity index is 683.